The number of nitrogens with zero attached hydrogens (tertiary/aromatic N) is 4. The van der Waals surface area contributed by atoms with Crippen LogP contribution in [0.4, 0.5) is 0 Å². The Labute approximate surface area is 123 Å². The van der Waals surface area contributed by atoms with Crippen molar-refractivity contribution in [2.24, 2.45) is 5.73 Å². The lowest BCUT2D eigenvalue weighted by atomic mass is 10.2. The van der Waals surface area contributed by atoms with E-state index in [2.05, 4.69) is 19.7 Å². The third-order valence-electron chi connectivity index (χ3n) is 3.55. The molecule has 0 saturated carbocycles. The third kappa shape index (κ3) is 2.71. The van der Waals surface area contributed by atoms with Crippen molar-refractivity contribution < 1.29 is 0 Å². The van der Waals surface area contributed by atoms with Gasteiger partial charge in [0.2, 0.25) is 0 Å². The van der Waals surface area contributed by atoms with Gasteiger partial charge in [-0.2, -0.15) is 0 Å². The quantitative estimate of drug-likeness (QED) is 0.940. The molecular weight excluding hydrogens is 270 g/mol. The maximum absolute atomic E-state index is 6.01. The minimum atomic E-state index is -0.0299. The molecule has 0 spiro atoms. The number of aryl methyl sites for hydroxylation is 1. The molecule has 0 radical (unpaired) electrons. The second-order valence-corrected chi connectivity index (χ2v) is 6.11. The molecule has 0 aliphatic carbocycles. The number of pyridine rings is 1. The van der Waals surface area contributed by atoms with Gasteiger partial charge in [-0.15, -0.1) is 10.2 Å². The zero-order chi connectivity index (χ0) is 13.9. The highest BCUT2D eigenvalue weighted by Crippen LogP contribution is 2.31. The van der Waals surface area contributed by atoms with E-state index in [0.29, 0.717) is 0 Å². The second-order valence-electron chi connectivity index (χ2n) is 5.15. The first-order valence-corrected chi connectivity index (χ1v) is 7.88. The highest BCUT2D eigenvalue weighted by atomic mass is 32.2. The number of hydrogen-bond acceptors (Lipinski definition) is 5. The maximum Gasteiger partial charge on any atom is 0.197 e. The van der Waals surface area contributed by atoms with Crippen molar-refractivity contribution in [2.75, 3.05) is 0 Å². The molecule has 0 bridgehead atoms. The summed E-state index contributed by atoms with van der Waals surface area (Å²) in [4.78, 5) is 4.45. The zero-order valence-electron chi connectivity index (χ0n) is 11.6. The van der Waals surface area contributed by atoms with Crippen LogP contribution in [0.3, 0.4) is 0 Å². The van der Waals surface area contributed by atoms with Crippen molar-refractivity contribution in [3.8, 4) is 0 Å². The number of aromatic nitrogens is 4. The molecule has 5 nitrogen and oxygen atoms in total. The highest BCUT2D eigenvalue weighted by Gasteiger charge is 2.18. The minimum absolute atomic E-state index is 0.0299. The van der Waals surface area contributed by atoms with Gasteiger partial charge in [0.1, 0.15) is 10.9 Å². The van der Waals surface area contributed by atoms with Gasteiger partial charge >= 0.3 is 0 Å². The molecule has 1 aliphatic rings. The van der Waals surface area contributed by atoms with E-state index >= 15 is 0 Å². The summed E-state index contributed by atoms with van der Waals surface area (Å²) in [6.45, 7) is 2.98. The summed E-state index contributed by atoms with van der Waals surface area (Å²) in [6, 6.07) is 3.92. The van der Waals surface area contributed by atoms with Crippen LogP contribution < -0.4 is 5.73 Å². The Morgan fingerprint density at radius 2 is 2.20 bits per heavy atom. The molecule has 2 aromatic rings. The molecule has 2 aromatic heterocycles. The average Bonchev–Trinajstić information content (AvgIpc) is 2.68. The zero-order valence-corrected chi connectivity index (χ0v) is 12.4. The standard InChI is InChI=1S/C14H19N5S/c1-10(15)11-6-5-8-16-13(11)20-14-18-17-12-7-3-2-4-9-19(12)14/h5-6,8,10H,2-4,7,9,15H2,1H3/t10-/m1/s1. The molecule has 20 heavy (non-hydrogen) atoms. The van der Waals surface area contributed by atoms with E-state index in [1.54, 1.807) is 18.0 Å². The van der Waals surface area contributed by atoms with Crippen molar-refractivity contribution in [1.29, 1.82) is 0 Å². The fourth-order valence-electron chi connectivity index (χ4n) is 2.46. The molecule has 3 rings (SSSR count). The van der Waals surface area contributed by atoms with E-state index in [0.717, 1.165) is 34.5 Å². The van der Waals surface area contributed by atoms with Gasteiger partial charge in [0.05, 0.1) is 0 Å². The van der Waals surface area contributed by atoms with Crippen molar-refractivity contribution in [1.82, 2.24) is 19.7 Å². The smallest absolute Gasteiger partial charge is 0.197 e. The van der Waals surface area contributed by atoms with Crippen molar-refractivity contribution in [2.45, 2.75) is 55.4 Å². The predicted molar refractivity (Wildman–Crippen MR) is 78.5 cm³/mol. The van der Waals surface area contributed by atoms with Crippen LogP contribution in [0.15, 0.2) is 28.5 Å². The van der Waals surface area contributed by atoms with Crippen molar-refractivity contribution in [3.05, 3.63) is 29.7 Å². The lowest BCUT2D eigenvalue weighted by Crippen LogP contribution is -2.08. The molecular formula is C14H19N5S. The van der Waals surface area contributed by atoms with Crippen LogP contribution in [0.25, 0.3) is 0 Å². The Morgan fingerprint density at radius 3 is 3.05 bits per heavy atom. The van der Waals surface area contributed by atoms with Crippen LogP contribution in [0.1, 0.15) is 43.6 Å². The molecule has 0 aromatic carbocycles. The summed E-state index contributed by atoms with van der Waals surface area (Å²) in [6.07, 6.45) is 6.49. The maximum atomic E-state index is 6.01. The van der Waals surface area contributed by atoms with Crippen LogP contribution >= 0.6 is 11.8 Å². The third-order valence-corrected chi connectivity index (χ3v) is 4.57. The summed E-state index contributed by atoms with van der Waals surface area (Å²) in [7, 11) is 0. The fraction of sp³-hybridized carbons (Fsp3) is 0.500. The van der Waals surface area contributed by atoms with E-state index in [1.165, 1.54) is 19.3 Å². The molecule has 1 atom stereocenters. The van der Waals surface area contributed by atoms with Crippen molar-refractivity contribution in [3.63, 3.8) is 0 Å². The first kappa shape index (κ1) is 13.6. The average molecular weight is 289 g/mol. The minimum Gasteiger partial charge on any atom is -0.324 e. The lowest BCUT2D eigenvalue weighted by Gasteiger charge is -2.11. The van der Waals surface area contributed by atoms with Gasteiger partial charge < -0.3 is 10.3 Å². The van der Waals surface area contributed by atoms with Gasteiger partial charge in [-0.3, -0.25) is 0 Å². The fourth-order valence-corrected chi connectivity index (χ4v) is 3.50. The summed E-state index contributed by atoms with van der Waals surface area (Å²) in [5.74, 6) is 1.10. The van der Waals surface area contributed by atoms with Gasteiger partial charge in [0, 0.05) is 30.8 Å². The van der Waals surface area contributed by atoms with Gasteiger partial charge in [0.25, 0.3) is 0 Å². The van der Waals surface area contributed by atoms with E-state index < -0.39 is 0 Å². The van der Waals surface area contributed by atoms with Crippen LogP contribution in [0.2, 0.25) is 0 Å². The second kappa shape index (κ2) is 5.93. The van der Waals surface area contributed by atoms with Crippen LogP contribution in [0, 0.1) is 0 Å². The Morgan fingerprint density at radius 1 is 1.30 bits per heavy atom. The van der Waals surface area contributed by atoms with E-state index in [1.807, 2.05) is 19.1 Å². The molecule has 2 N–H and O–H groups in total. The Balaban J connectivity index is 1.90. The predicted octanol–water partition coefficient (Wildman–Crippen LogP) is 2.57. The molecule has 0 amide bonds. The first-order chi connectivity index (χ1) is 9.75. The normalized spacial score (nSPS) is 16.5. The Bertz CT molecular complexity index is 593. The van der Waals surface area contributed by atoms with Crippen LogP contribution in [-0.4, -0.2) is 19.7 Å². The van der Waals surface area contributed by atoms with Crippen LogP contribution in [-0.2, 0) is 13.0 Å². The molecule has 0 unspecified atom stereocenters. The molecule has 1 aliphatic heterocycles. The monoisotopic (exact) mass is 289 g/mol. The molecule has 106 valence electrons. The van der Waals surface area contributed by atoms with E-state index in [9.17, 15) is 0 Å². The summed E-state index contributed by atoms with van der Waals surface area (Å²) < 4.78 is 2.23. The summed E-state index contributed by atoms with van der Waals surface area (Å²) >= 11 is 1.57. The summed E-state index contributed by atoms with van der Waals surface area (Å²) in [5.41, 5.74) is 7.07. The SMILES string of the molecule is C[C@@H](N)c1cccnc1Sc1nnc2n1CCCCC2. The Hall–Kier alpha value is -1.40. The topological polar surface area (TPSA) is 69.6 Å². The van der Waals surface area contributed by atoms with Gasteiger partial charge in [0.15, 0.2) is 5.16 Å². The molecule has 6 heteroatoms. The van der Waals surface area contributed by atoms with E-state index in [4.69, 9.17) is 5.73 Å². The first-order valence-electron chi connectivity index (χ1n) is 7.06. The molecule has 0 fully saturated rings. The lowest BCUT2D eigenvalue weighted by molar-refractivity contribution is 0.590. The summed E-state index contributed by atoms with van der Waals surface area (Å²) in [5, 5.41) is 10.5. The molecule has 0 saturated heterocycles. The van der Waals surface area contributed by atoms with Gasteiger partial charge in [-0.1, -0.05) is 12.5 Å². The highest BCUT2D eigenvalue weighted by molar-refractivity contribution is 7.99. The Kier molecular flexibility index (Phi) is 4.03. The van der Waals surface area contributed by atoms with Crippen LogP contribution in [0.5, 0.6) is 0 Å². The largest absolute Gasteiger partial charge is 0.324 e. The number of fused-ring (bicyclic) bond motifs is 1. The number of nitrogens with two attached hydrogens (primary N) is 1. The molecule has 3 heterocycles. The number of rotatable bonds is 3. The van der Waals surface area contributed by atoms with Gasteiger partial charge in [-0.25, -0.2) is 4.98 Å². The van der Waals surface area contributed by atoms with Gasteiger partial charge in [-0.05, 0) is 37.6 Å². The van der Waals surface area contributed by atoms with Crippen molar-refractivity contribution >= 4 is 11.8 Å². The van der Waals surface area contributed by atoms with E-state index in [-0.39, 0.29) is 6.04 Å². The number of hydrogen-bond donors (Lipinski definition) is 1.